The largest absolute Gasteiger partial charge is 0.488 e. The van der Waals surface area contributed by atoms with Crippen molar-refractivity contribution in [1.29, 1.82) is 0 Å². The van der Waals surface area contributed by atoms with Gasteiger partial charge in [0.1, 0.15) is 18.6 Å². The average Bonchev–Trinajstić information content (AvgIpc) is 2.79. The minimum Gasteiger partial charge on any atom is -0.488 e. The fourth-order valence-electron chi connectivity index (χ4n) is 3.39. The number of hydrogen-bond acceptors (Lipinski definition) is 2. The molecule has 0 atom stereocenters. The predicted octanol–water partition coefficient (Wildman–Crippen LogP) is 7.17. The smallest absolute Gasteiger partial charge is 0.150 e. The van der Waals surface area contributed by atoms with E-state index >= 15 is 0 Å². The van der Waals surface area contributed by atoms with Gasteiger partial charge in [-0.3, -0.25) is 4.79 Å². The Labute approximate surface area is 178 Å². The summed E-state index contributed by atoms with van der Waals surface area (Å²) in [6.45, 7) is 0.421. The van der Waals surface area contributed by atoms with E-state index in [9.17, 15) is 4.79 Å². The van der Waals surface area contributed by atoms with Crippen LogP contribution in [0.25, 0.3) is 22.3 Å². The van der Waals surface area contributed by atoms with Crippen molar-refractivity contribution in [1.82, 2.24) is 0 Å². The van der Waals surface area contributed by atoms with Crippen LogP contribution in [0.15, 0.2) is 102 Å². The number of ether oxygens (including phenoxy) is 1. The van der Waals surface area contributed by atoms with Crippen molar-refractivity contribution in [2.45, 2.75) is 6.61 Å². The molecular formula is C26H19BrO2. The normalized spacial score (nSPS) is 10.5. The lowest BCUT2D eigenvalue weighted by atomic mass is 9.91. The second-order valence-electron chi connectivity index (χ2n) is 6.67. The van der Waals surface area contributed by atoms with Crippen molar-refractivity contribution in [2.24, 2.45) is 0 Å². The summed E-state index contributed by atoms with van der Waals surface area (Å²) in [6.07, 6.45) is 0.825. The van der Waals surface area contributed by atoms with E-state index in [0.29, 0.717) is 17.9 Å². The second kappa shape index (κ2) is 8.89. The molecule has 0 spiro atoms. The van der Waals surface area contributed by atoms with Gasteiger partial charge in [-0.2, -0.15) is 0 Å². The highest BCUT2D eigenvalue weighted by Crippen LogP contribution is 2.36. The van der Waals surface area contributed by atoms with Gasteiger partial charge in [0.05, 0.1) is 4.47 Å². The van der Waals surface area contributed by atoms with Crippen LogP contribution in [-0.2, 0) is 6.61 Å². The molecule has 0 fully saturated rings. The first-order chi connectivity index (χ1) is 14.3. The topological polar surface area (TPSA) is 26.3 Å². The SMILES string of the molecule is O=Cc1ccc(OCc2cccc(-c3ccccc3)c2-c2ccccc2)c(Br)c1. The summed E-state index contributed by atoms with van der Waals surface area (Å²) in [4.78, 5) is 11.0. The second-order valence-corrected chi connectivity index (χ2v) is 7.52. The minimum absolute atomic E-state index is 0.421. The molecule has 0 radical (unpaired) electrons. The quantitative estimate of drug-likeness (QED) is 0.295. The summed E-state index contributed by atoms with van der Waals surface area (Å²) in [6, 6.07) is 32.4. The number of halogens is 1. The highest BCUT2D eigenvalue weighted by molar-refractivity contribution is 9.10. The first-order valence-corrected chi connectivity index (χ1v) is 10.2. The summed E-state index contributed by atoms with van der Waals surface area (Å²) in [5, 5.41) is 0. The van der Waals surface area contributed by atoms with Crippen molar-refractivity contribution in [3.05, 3.63) is 113 Å². The van der Waals surface area contributed by atoms with Crippen LogP contribution in [0.1, 0.15) is 15.9 Å². The van der Waals surface area contributed by atoms with E-state index < -0.39 is 0 Å². The maximum absolute atomic E-state index is 11.0. The molecule has 4 aromatic carbocycles. The molecule has 0 aromatic heterocycles. The molecule has 0 unspecified atom stereocenters. The molecule has 0 aliphatic carbocycles. The van der Waals surface area contributed by atoms with Crippen LogP contribution >= 0.6 is 15.9 Å². The Bertz CT molecular complexity index is 1120. The third-order valence-electron chi connectivity index (χ3n) is 4.77. The van der Waals surface area contributed by atoms with Crippen LogP contribution in [0.3, 0.4) is 0 Å². The maximum atomic E-state index is 11.0. The molecule has 0 N–H and O–H groups in total. The molecule has 0 bridgehead atoms. The number of carbonyl (C=O) groups is 1. The molecule has 0 aliphatic heterocycles. The average molecular weight is 443 g/mol. The Kier molecular flexibility index (Phi) is 5.87. The van der Waals surface area contributed by atoms with Gasteiger partial charge < -0.3 is 4.74 Å². The van der Waals surface area contributed by atoms with Gasteiger partial charge in [0.2, 0.25) is 0 Å². The van der Waals surface area contributed by atoms with Gasteiger partial charge in [0, 0.05) is 5.56 Å². The Hall–Kier alpha value is -3.17. The lowest BCUT2D eigenvalue weighted by molar-refractivity contribution is 0.112. The third kappa shape index (κ3) is 4.30. The molecule has 0 amide bonds. The van der Waals surface area contributed by atoms with Crippen LogP contribution in [0.2, 0.25) is 0 Å². The van der Waals surface area contributed by atoms with E-state index in [1.54, 1.807) is 12.1 Å². The number of hydrogen-bond donors (Lipinski definition) is 0. The Morgan fingerprint density at radius 2 is 1.45 bits per heavy atom. The number of rotatable bonds is 6. The van der Waals surface area contributed by atoms with E-state index in [4.69, 9.17) is 4.74 Å². The molecule has 0 saturated carbocycles. The fraction of sp³-hybridized carbons (Fsp3) is 0.0385. The fourth-order valence-corrected chi connectivity index (χ4v) is 3.90. The summed E-state index contributed by atoms with van der Waals surface area (Å²) in [5.74, 6) is 0.708. The van der Waals surface area contributed by atoms with Gasteiger partial charge in [-0.15, -0.1) is 0 Å². The standard InChI is InChI=1S/C26H19BrO2/c27-24-16-19(17-28)14-15-25(24)29-18-22-12-7-13-23(20-8-3-1-4-9-20)26(22)21-10-5-2-6-11-21/h1-17H,18H2. The van der Waals surface area contributed by atoms with Gasteiger partial charge in [0.15, 0.2) is 0 Å². The zero-order valence-electron chi connectivity index (χ0n) is 15.7. The minimum atomic E-state index is 0.421. The molecule has 4 aromatic rings. The maximum Gasteiger partial charge on any atom is 0.150 e. The highest BCUT2D eigenvalue weighted by atomic mass is 79.9. The molecule has 29 heavy (non-hydrogen) atoms. The Balaban J connectivity index is 1.74. The van der Waals surface area contributed by atoms with E-state index in [-0.39, 0.29) is 0 Å². The van der Waals surface area contributed by atoms with Crippen molar-refractivity contribution >= 4 is 22.2 Å². The van der Waals surface area contributed by atoms with Crippen molar-refractivity contribution in [3.8, 4) is 28.0 Å². The molecule has 4 rings (SSSR count). The van der Waals surface area contributed by atoms with Gasteiger partial charge in [-0.25, -0.2) is 0 Å². The predicted molar refractivity (Wildman–Crippen MR) is 121 cm³/mol. The van der Waals surface area contributed by atoms with Gasteiger partial charge in [-0.1, -0.05) is 78.9 Å². The summed E-state index contributed by atoms with van der Waals surface area (Å²) in [5.41, 5.74) is 6.38. The number of aldehydes is 1. The van der Waals surface area contributed by atoms with E-state index in [1.807, 2.05) is 18.2 Å². The summed E-state index contributed by atoms with van der Waals surface area (Å²) >= 11 is 3.49. The zero-order chi connectivity index (χ0) is 20.1. The van der Waals surface area contributed by atoms with Crippen LogP contribution < -0.4 is 4.74 Å². The number of carbonyl (C=O) groups excluding carboxylic acids is 1. The van der Waals surface area contributed by atoms with Crippen LogP contribution in [0.4, 0.5) is 0 Å². The lowest BCUT2D eigenvalue weighted by Crippen LogP contribution is -2.00. The Morgan fingerprint density at radius 3 is 2.10 bits per heavy atom. The van der Waals surface area contributed by atoms with Crippen molar-refractivity contribution in [2.75, 3.05) is 0 Å². The van der Waals surface area contributed by atoms with E-state index in [0.717, 1.165) is 21.9 Å². The lowest BCUT2D eigenvalue weighted by Gasteiger charge is -2.17. The first-order valence-electron chi connectivity index (χ1n) is 9.36. The summed E-state index contributed by atoms with van der Waals surface area (Å²) in [7, 11) is 0. The van der Waals surface area contributed by atoms with Crippen molar-refractivity contribution in [3.63, 3.8) is 0 Å². The molecule has 142 valence electrons. The molecule has 2 nitrogen and oxygen atoms in total. The van der Waals surface area contributed by atoms with Gasteiger partial charge in [0.25, 0.3) is 0 Å². The van der Waals surface area contributed by atoms with Crippen LogP contribution in [0, 0.1) is 0 Å². The molecule has 0 heterocycles. The number of benzene rings is 4. The van der Waals surface area contributed by atoms with E-state index in [1.165, 1.54) is 16.7 Å². The van der Waals surface area contributed by atoms with Crippen LogP contribution in [-0.4, -0.2) is 6.29 Å². The summed E-state index contributed by atoms with van der Waals surface area (Å²) < 4.78 is 6.88. The zero-order valence-corrected chi connectivity index (χ0v) is 17.3. The highest BCUT2D eigenvalue weighted by Gasteiger charge is 2.13. The molecule has 0 saturated heterocycles. The van der Waals surface area contributed by atoms with E-state index in [2.05, 4.69) is 82.7 Å². The van der Waals surface area contributed by atoms with Crippen molar-refractivity contribution < 1.29 is 9.53 Å². The first kappa shape index (κ1) is 19.2. The third-order valence-corrected chi connectivity index (χ3v) is 5.39. The van der Waals surface area contributed by atoms with Gasteiger partial charge in [-0.05, 0) is 61.9 Å². The molecule has 3 heteroatoms. The molecular weight excluding hydrogens is 424 g/mol. The monoisotopic (exact) mass is 442 g/mol. The molecule has 0 aliphatic rings. The van der Waals surface area contributed by atoms with Gasteiger partial charge >= 0.3 is 0 Å². The Morgan fingerprint density at radius 1 is 0.759 bits per heavy atom. The van der Waals surface area contributed by atoms with Crippen LogP contribution in [0.5, 0.6) is 5.75 Å².